The van der Waals surface area contributed by atoms with E-state index in [0.717, 1.165) is 22.9 Å². The molecule has 4 heteroatoms. The lowest BCUT2D eigenvalue weighted by molar-refractivity contribution is -0.133. The van der Waals surface area contributed by atoms with Crippen molar-refractivity contribution in [3.05, 3.63) is 22.4 Å². The zero-order valence-electron chi connectivity index (χ0n) is 12.0. The predicted molar refractivity (Wildman–Crippen MR) is 85.7 cm³/mol. The van der Waals surface area contributed by atoms with Crippen LogP contribution in [0.5, 0.6) is 0 Å². The molecule has 0 atom stereocenters. The van der Waals surface area contributed by atoms with Gasteiger partial charge in [-0.15, -0.1) is 23.1 Å². The van der Waals surface area contributed by atoms with Crippen molar-refractivity contribution in [2.75, 3.05) is 18.1 Å². The van der Waals surface area contributed by atoms with Crippen LogP contribution in [-0.4, -0.2) is 34.4 Å². The molecule has 0 saturated carbocycles. The molecule has 1 rings (SSSR count). The second-order valence-corrected chi connectivity index (χ2v) is 7.23. The van der Waals surface area contributed by atoms with Crippen LogP contribution in [0.4, 0.5) is 0 Å². The van der Waals surface area contributed by atoms with Crippen LogP contribution < -0.4 is 0 Å². The molecule has 1 heterocycles. The van der Waals surface area contributed by atoms with E-state index in [-0.39, 0.29) is 11.4 Å². The first-order valence-corrected chi connectivity index (χ1v) is 8.33. The maximum atomic E-state index is 11.6. The average molecular weight is 295 g/mol. The van der Waals surface area contributed by atoms with Crippen LogP contribution in [0.25, 0.3) is 0 Å². The number of amides is 1. The van der Waals surface area contributed by atoms with Gasteiger partial charge in [-0.3, -0.25) is 4.79 Å². The zero-order chi connectivity index (χ0) is 14.3. The van der Waals surface area contributed by atoms with E-state index in [0.29, 0.717) is 0 Å². The fraction of sp³-hybridized carbons (Fsp3) is 0.533. The second-order valence-electron chi connectivity index (χ2n) is 5.17. The van der Waals surface area contributed by atoms with Gasteiger partial charge in [-0.2, -0.15) is 0 Å². The highest BCUT2D eigenvalue weighted by molar-refractivity contribution is 7.99. The number of hydrogen-bond donors (Lipinski definition) is 0. The molecule has 0 N–H and O–H groups in total. The fourth-order valence-corrected chi connectivity index (χ4v) is 2.94. The number of hydrogen-bond acceptors (Lipinski definition) is 3. The Morgan fingerprint density at radius 1 is 1.47 bits per heavy atom. The smallest absolute Gasteiger partial charge is 0.219 e. The summed E-state index contributed by atoms with van der Waals surface area (Å²) in [7, 11) is 0. The first-order chi connectivity index (χ1) is 8.91. The Morgan fingerprint density at radius 2 is 2.21 bits per heavy atom. The Hall–Kier alpha value is -0.920. The summed E-state index contributed by atoms with van der Waals surface area (Å²) in [4.78, 5) is 14.6. The van der Waals surface area contributed by atoms with Crippen LogP contribution in [-0.2, 0) is 4.79 Å². The van der Waals surface area contributed by atoms with Gasteiger partial charge in [0.1, 0.15) is 0 Å². The lowest BCUT2D eigenvalue weighted by Gasteiger charge is -2.34. The standard InChI is InChI=1S/C15H21NOS2/c1-13(17)16(15(2,3)4)9-12-18-10-5-7-14-8-6-11-19-14/h6,8,11H,9-10,12H2,1-4H3. The van der Waals surface area contributed by atoms with E-state index in [1.807, 2.05) is 22.4 Å². The van der Waals surface area contributed by atoms with Crippen molar-refractivity contribution in [1.82, 2.24) is 4.90 Å². The zero-order valence-corrected chi connectivity index (χ0v) is 13.7. The molecule has 1 amide bonds. The summed E-state index contributed by atoms with van der Waals surface area (Å²) in [6.45, 7) is 8.61. The van der Waals surface area contributed by atoms with Gasteiger partial charge in [0.05, 0.1) is 10.6 Å². The van der Waals surface area contributed by atoms with Crippen LogP contribution in [0.1, 0.15) is 32.6 Å². The van der Waals surface area contributed by atoms with Gasteiger partial charge in [-0.1, -0.05) is 17.9 Å². The van der Waals surface area contributed by atoms with Crippen molar-refractivity contribution >= 4 is 29.0 Å². The predicted octanol–water partition coefficient (Wildman–Crippen LogP) is 3.48. The molecule has 104 valence electrons. The van der Waals surface area contributed by atoms with Crippen molar-refractivity contribution in [1.29, 1.82) is 0 Å². The van der Waals surface area contributed by atoms with Crippen molar-refractivity contribution in [2.24, 2.45) is 0 Å². The molecule has 0 aliphatic carbocycles. The third-order valence-electron chi connectivity index (χ3n) is 2.56. The molecule has 0 saturated heterocycles. The Bertz CT molecular complexity index is 449. The van der Waals surface area contributed by atoms with Gasteiger partial charge in [-0.25, -0.2) is 0 Å². The highest BCUT2D eigenvalue weighted by Gasteiger charge is 2.22. The van der Waals surface area contributed by atoms with Crippen LogP contribution in [0.15, 0.2) is 17.5 Å². The highest BCUT2D eigenvalue weighted by Crippen LogP contribution is 2.14. The molecular formula is C15H21NOS2. The number of thiophene rings is 1. The Labute approximate surface area is 124 Å². The van der Waals surface area contributed by atoms with Crippen LogP contribution in [0.2, 0.25) is 0 Å². The number of rotatable bonds is 4. The first-order valence-electron chi connectivity index (χ1n) is 6.29. The van der Waals surface area contributed by atoms with E-state index in [1.54, 1.807) is 30.0 Å². The average Bonchev–Trinajstić information content (AvgIpc) is 2.78. The summed E-state index contributed by atoms with van der Waals surface area (Å²) in [5, 5.41) is 2.03. The maximum Gasteiger partial charge on any atom is 0.219 e. The summed E-state index contributed by atoms with van der Waals surface area (Å²) in [6, 6.07) is 4.04. The minimum absolute atomic E-state index is 0.102. The molecule has 0 fully saturated rings. The summed E-state index contributed by atoms with van der Waals surface area (Å²) in [5.74, 6) is 8.16. The van der Waals surface area contributed by atoms with Crippen molar-refractivity contribution < 1.29 is 4.79 Å². The van der Waals surface area contributed by atoms with E-state index in [2.05, 4.69) is 32.6 Å². The van der Waals surface area contributed by atoms with Gasteiger partial charge in [0.25, 0.3) is 0 Å². The van der Waals surface area contributed by atoms with E-state index < -0.39 is 0 Å². The van der Waals surface area contributed by atoms with Crippen LogP contribution >= 0.6 is 23.1 Å². The number of thioether (sulfide) groups is 1. The van der Waals surface area contributed by atoms with Gasteiger partial charge in [0, 0.05) is 24.8 Å². The Balaban J connectivity index is 2.28. The normalized spacial score (nSPS) is 10.7. The molecule has 0 bridgehead atoms. The SMILES string of the molecule is CC(=O)N(CCSCC#Cc1cccs1)C(C)(C)C. The molecule has 2 nitrogen and oxygen atoms in total. The Kier molecular flexibility index (Phi) is 6.47. The molecule has 19 heavy (non-hydrogen) atoms. The molecule has 0 spiro atoms. The monoisotopic (exact) mass is 295 g/mol. The highest BCUT2D eigenvalue weighted by atomic mass is 32.2. The molecule has 1 aromatic heterocycles. The largest absolute Gasteiger partial charge is 0.337 e. The van der Waals surface area contributed by atoms with Crippen LogP contribution in [0.3, 0.4) is 0 Å². The van der Waals surface area contributed by atoms with Gasteiger partial charge in [0.15, 0.2) is 0 Å². The van der Waals surface area contributed by atoms with E-state index >= 15 is 0 Å². The molecule has 0 aromatic carbocycles. The third kappa shape index (κ3) is 6.17. The maximum absolute atomic E-state index is 11.6. The number of carbonyl (C=O) groups excluding carboxylic acids is 1. The molecule has 0 aliphatic heterocycles. The van der Waals surface area contributed by atoms with Gasteiger partial charge >= 0.3 is 0 Å². The van der Waals surface area contributed by atoms with Crippen molar-refractivity contribution in [3.8, 4) is 11.8 Å². The summed E-state index contributed by atoms with van der Waals surface area (Å²) in [6.07, 6.45) is 0. The number of carbonyl (C=O) groups is 1. The summed E-state index contributed by atoms with van der Waals surface area (Å²) < 4.78 is 0. The van der Waals surface area contributed by atoms with E-state index in [1.165, 1.54) is 0 Å². The lowest BCUT2D eigenvalue weighted by Crippen LogP contribution is -2.45. The molecule has 0 aliphatic rings. The first kappa shape index (κ1) is 16.1. The second kappa shape index (κ2) is 7.62. The molecule has 0 unspecified atom stereocenters. The van der Waals surface area contributed by atoms with Crippen LogP contribution in [0, 0.1) is 11.8 Å². The fourth-order valence-electron chi connectivity index (χ4n) is 1.72. The van der Waals surface area contributed by atoms with Gasteiger partial charge in [-0.05, 0) is 32.2 Å². The Morgan fingerprint density at radius 3 is 2.74 bits per heavy atom. The third-order valence-corrected chi connectivity index (χ3v) is 4.16. The van der Waals surface area contributed by atoms with Crippen molar-refractivity contribution in [2.45, 2.75) is 33.2 Å². The molecule has 1 aromatic rings. The summed E-state index contributed by atoms with van der Waals surface area (Å²) >= 11 is 3.44. The molecule has 0 radical (unpaired) electrons. The topological polar surface area (TPSA) is 20.3 Å². The lowest BCUT2D eigenvalue weighted by atomic mass is 10.1. The van der Waals surface area contributed by atoms with E-state index in [9.17, 15) is 4.79 Å². The van der Waals surface area contributed by atoms with Gasteiger partial charge in [0.2, 0.25) is 5.91 Å². The minimum atomic E-state index is -0.102. The number of nitrogens with zero attached hydrogens (tertiary/aromatic N) is 1. The summed E-state index contributed by atoms with van der Waals surface area (Å²) in [5.41, 5.74) is -0.102. The minimum Gasteiger partial charge on any atom is -0.337 e. The van der Waals surface area contributed by atoms with Crippen molar-refractivity contribution in [3.63, 3.8) is 0 Å². The van der Waals surface area contributed by atoms with Gasteiger partial charge < -0.3 is 4.90 Å². The molecular weight excluding hydrogens is 274 g/mol. The quantitative estimate of drug-likeness (QED) is 0.626. The van der Waals surface area contributed by atoms with E-state index in [4.69, 9.17) is 0 Å².